The van der Waals surface area contributed by atoms with E-state index in [1.54, 1.807) is 24.3 Å². The number of hydrogen-bond donors (Lipinski definition) is 0. The van der Waals surface area contributed by atoms with Crippen molar-refractivity contribution in [2.75, 3.05) is 0 Å². The highest BCUT2D eigenvalue weighted by molar-refractivity contribution is 6.09. The Balaban J connectivity index is 1.38. The summed E-state index contributed by atoms with van der Waals surface area (Å²) in [5.41, 5.74) is 4.11. The summed E-state index contributed by atoms with van der Waals surface area (Å²) >= 11 is 0. The van der Waals surface area contributed by atoms with Gasteiger partial charge in [-0.25, -0.2) is 0 Å². The maximum absolute atomic E-state index is 13.1. The first-order valence-corrected chi connectivity index (χ1v) is 14.8. The Bertz CT molecular complexity index is 1380. The molecule has 0 fully saturated rings. The van der Waals surface area contributed by atoms with Gasteiger partial charge in [0.05, 0.1) is 0 Å². The number of carbonyl (C=O) groups is 1. The lowest BCUT2D eigenvalue weighted by atomic mass is 9.65. The molecule has 0 aliphatic carbocycles. The lowest BCUT2D eigenvalue weighted by Crippen LogP contribution is -2.33. The zero-order valence-electron chi connectivity index (χ0n) is 27.0. The largest absolute Gasteiger partial charge is 0.457 e. The smallest absolute Gasteiger partial charge is 0.193 e. The minimum atomic E-state index is -0.0457. The van der Waals surface area contributed by atoms with Gasteiger partial charge in [-0.05, 0) is 106 Å². The Labute approximate surface area is 252 Å². The van der Waals surface area contributed by atoms with Crippen LogP contribution in [0.5, 0.6) is 23.0 Å². The highest BCUT2D eigenvalue weighted by atomic mass is 16.5. The molecular formula is C39H46O3. The molecule has 0 saturated carbocycles. The minimum absolute atomic E-state index is 0.0346. The van der Waals surface area contributed by atoms with E-state index >= 15 is 0 Å². The lowest BCUT2D eigenvalue weighted by molar-refractivity contribution is 0.103. The SMILES string of the molecule is CC(C)(C)C(C)(C)c1ccc(Oc2ccc(C(=O)c3ccc(Oc4ccc(C(C)(C)C(C)(C)C)cc4)cc3)cc2)cc1. The van der Waals surface area contributed by atoms with Crippen LogP contribution in [0.1, 0.15) is 96.3 Å². The fourth-order valence-electron chi connectivity index (χ4n) is 4.53. The lowest BCUT2D eigenvalue weighted by Gasteiger charge is -2.39. The molecule has 0 saturated heterocycles. The van der Waals surface area contributed by atoms with Gasteiger partial charge < -0.3 is 9.47 Å². The predicted molar refractivity (Wildman–Crippen MR) is 174 cm³/mol. The van der Waals surface area contributed by atoms with Crippen LogP contribution in [0.2, 0.25) is 0 Å². The molecule has 0 amide bonds. The quantitative estimate of drug-likeness (QED) is 0.200. The molecule has 4 aromatic carbocycles. The summed E-state index contributed by atoms with van der Waals surface area (Å²) < 4.78 is 12.1. The van der Waals surface area contributed by atoms with Gasteiger partial charge in [0, 0.05) is 11.1 Å². The minimum Gasteiger partial charge on any atom is -0.457 e. The van der Waals surface area contributed by atoms with Crippen LogP contribution < -0.4 is 9.47 Å². The van der Waals surface area contributed by atoms with Crippen LogP contribution in [0.15, 0.2) is 97.1 Å². The van der Waals surface area contributed by atoms with E-state index in [2.05, 4.69) is 93.5 Å². The third-order valence-corrected chi connectivity index (χ3v) is 9.61. The van der Waals surface area contributed by atoms with E-state index in [-0.39, 0.29) is 27.4 Å². The van der Waals surface area contributed by atoms with E-state index in [0.29, 0.717) is 22.6 Å². The Morgan fingerprint density at radius 3 is 0.881 bits per heavy atom. The number of hydrogen-bond acceptors (Lipinski definition) is 3. The van der Waals surface area contributed by atoms with E-state index in [1.165, 1.54) is 11.1 Å². The van der Waals surface area contributed by atoms with Gasteiger partial charge in [-0.2, -0.15) is 0 Å². The van der Waals surface area contributed by atoms with Crippen LogP contribution >= 0.6 is 0 Å². The normalized spacial score (nSPS) is 12.6. The molecule has 0 aliphatic rings. The number of rotatable bonds is 8. The van der Waals surface area contributed by atoms with Crippen molar-refractivity contribution in [3.8, 4) is 23.0 Å². The highest BCUT2D eigenvalue weighted by Gasteiger charge is 2.35. The number of benzene rings is 4. The standard InChI is InChI=1S/C39H46O3/c1-36(2,3)38(7,8)29-15-23-33(24-16-29)41-31-19-11-27(12-20-31)35(40)28-13-21-32(22-14-28)42-34-25-17-30(18-26-34)39(9,10)37(4,5)6/h11-26H,1-10H3. The molecule has 3 heteroatoms. The van der Waals surface area contributed by atoms with Gasteiger partial charge >= 0.3 is 0 Å². The van der Waals surface area contributed by atoms with E-state index in [1.807, 2.05) is 48.5 Å². The summed E-state index contributed by atoms with van der Waals surface area (Å²) in [6, 6.07) is 31.1. The van der Waals surface area contributed by atoms with E-state index in [0.717, 1.165) is 11.5 Å². The second-order valence-electron chi connectivity index (χ2n) is 14.4. The van der Waals surface area contributed by atoms with Crippen LogP contribution in [-0.2, 0) is 10.8 Å². The molecule has 3 nitrogen and oxygen atoms in total. The third kappa shape index (κ3) is 6.62. The summed E-state index contributed by atoms with van der Waals surface area (Å²) in [6.07, 6.45) is 0. The molecule has 0 unspecified atom stereocenters. The molecule has 0 spiro atoms. The second-order valence-corrected chi connectivity index (χ2v) is 14.4. The van der Waals surface area contributed by atoms with Crippen molar-refractivity contribution in [1.82, 2.24) is 0 Å². The van der Waals surface area contributed by atoms with Crippen molar-refractivity contribution in [1.29, 1.82) is 0 Å². The van der Waals surface area contributed by atoms with Crippen molar-refractivity contribution in [3.63, 3.8) is 0 Å². The summed E-state index contributed by atoms with van der Waals surface area (Å²) in [7, 11) is 0. The van der Waals surface area contributed by atoms with Gasteiger partial charge in [-0.3, -0.25) is 4.79 Å². The Morgan fingerprint density at radius 2 is 0.643 bits per heavy atom. The van der Waals surface area contributed by atoms with Crippen LogP contribution in [0.4, 0.5) is 0 Å². The summed E-state index contributed by atoms with van der Waals surface area (Å²) in [6.45, 7) is 22.6. The van der Waals surface area contributed by atoms with Crippen molar-refractivity contribution in [2.45, 2.75) is 80.1 Å². The molecule has 0 bridgehead atoms. The first kappa shape index (κ1) is 31.1. The number of ether oxygens (including phenoxy) is 2. The van der Waals surface area contributed by atoms with Crippen LogP contribution in [0.25, 0.3) is 0 Å². The molecule has 0 atom stereocenters. The molecule has 4 rings (SSSR count). The van der Waals surface area contributed by atoms with E-state index < -0.39 is 0 Å². The second kappa shape index (κ2) is 11.4. The molecule has 0 radical (unpaired) electrons. The molecular weight excluding hydrogens is 516 g/mol. The van der Waals surface area contributed by atoms with Gasteiger partial charge in [0.25, 0.3) is 0 Å². The molecule has 0 heterocycles. The molecule has 42 heavy (non-hydrogen) atoms. The first-order valence-electron chi connectivity index (χ1n) is 14.8. The fourth-order valence-corrected chi connectivity index (χ4v) is 4.53. The van der Waals surface area contributed by atoms with Crippen molar-refractivity contribution in [3.05, 3.63) is 119 Å². The van der Waals surface area contributed by atoms with Gasteiger partial charge in [-0.1, -0.05) is 93.5 Å². The van der Waals surface area contributed by atoms with Crippen molar-refractivity contribution < 1.29 is 14.3 Å². The van der Waals surface area contributed by atoms with Crippen molar-refractivity contribution in [2.24, 2.45) is 10.8 Å². The van der Waals surface area contributed by atoms with Gasteiger partial charge in [0.15, 0.2) is 5.78 Å². The summed E-state index contributed by atoms with van der Waals surface area (Å²) in [4.78, 5) is 13.1. The predicted octanol–water partition coefficient (Wildman–Crippen LogP) is 11.1. The fraction of sp³-hybridized carbons (Fsp3) is 0.359. The zero-order chi connectivity index (χ0) is 30.9. The van der Waals surface area contributed by atoms with Gasteiger partial charge in [0.1, 0.15) is 23.0 Å². The van der Waals surface area contributed by atoms with E-state index in [9.17, 15) is 4.79 Å². The molecule has 4 aromatic rings. The average molecular weight is 563 g/mol. The summed E-state index contributed by atoms with van der Waals surface area (Å²) in [5.74, 6) is 2.87. The maximum Gasteiger partial charge on any atom is 0.193 e. The Morgan fingerprint density at radius 1 is 0.405 bits per heavy atom. The van der Waals surface area contributed by atoms with Gasteiger partial charge in [-0.15, -0.1) is 0 Å². The van der Waals surface area contributed by atoms with Crippen LogP contribution in [0.3, 0.4) is 0 Å². The molecule has 0 aliphatic heterocycles. The van der Waals surface area contributed by atoms with Crippen molar-refractivity contribution >= 4 is 5.78 Å². The monoisotopic (exact) mass is 562 g/mol. The topological polar surface area (TPSA) is 35.5 Å². The highest BCUT2D eigenvalue weighted by Crippen LogP contribution is 2.42. The van der Waals surface area contributed by atoms with Crippen LogP contribution in [-0.4, -0.2) is 5.78 Å². The van der Waals surface area contributed by atoms with E-state index in [4.69, 9.17) is 9.47 Å². The van der Waals surface area contributed by atoms with Crippen LogP contribution in [0, 0.1) is 10.8 Å². The summed E-state index contributed by atoms with van der Waals surface area (Å²) in [5, 5.41) is 0. The number of carbonyl (C=O) groups excluding carboxylic acids is 1. The Kier molecular flexibility index (Phi) is 8.47. The zero-order valence-corrected chi connectivity index (χ0v) is 27.0. The molecule has 220 valence electrons. The Hall–Kier alpha value is -3.85. The average Bonchev–Trinajstić information content (AvgIpc) is 2.93. The number of ketones is 1. The maximum atomic E-state index is 13.1. The van der Waals surface area contributed by atoms with Gasteiger partial charge in [0.2, 0.25) is 0 Å². The molecule has 0 aromatic heterocycles. The first-order chi connectivity index (χ1) is 19.5. The third-order valence-electron chi connectivity index (χ3n) is 9.61. The molecule has 0 N–H and O–H groups in total.